The zero-order valence-electron chi connectivity index (χ0n) is 18.9. The lowest BCUT2D eigenvalue weighted by Gasteiger charge is -2.26. The van der Waals surface area contributed by atoms with Gasteiger partial charge >= 0.3 is 0 Å². The maximum Gasteiger partial charge on any atom is 0.274 e. The van der Waals surface area contributed by atoms with Gasteiger partial charge in [-0.1, -0.05) is 32.4 Å². The second kappa shape index (κ2) is 10.8. The first-order valence-corrected chi connectivity index (χ1v) is 11.1. The van der Waals surface area contributed by atoms with E-state index in [0.717, 1.165) is 30.0 Å². The summed E-state index contributed by atoms with van der Waals surface area (Å²) in [4.78, 5) is 21.4. The lowest BCUT2D eigenvalue weighted by atomic mass is 9.80. The van der Waals surface area contributed by atoms with Gasteiger partial charge < -0.3 is 9.88 Å². The number of aromatic nitrogens is 5. The monoisotopic (exact) mass is 422 g/mol. The van der Waals surface area contributed by atoms with Crippen LogP contribution in [0.3, 0.4) is 0 Å². The van der Waals surface area contributed by atoms with Crippen molar-refractivity contribution in [2.24, 2.45) is 7.05 Å². The van der Waals surface area contributed by atoms with E-state index in [0.29, 0.717) is 17.5 Å². The minimum absolute atomic E-state index is 0. The standard InChI is InChI=1S/C19H21N3O.C3H5N3.C2H6.H2/c1-12-10-17(22-18(20-12)14-8-9-14)19(23)21-16-7-3-6-15(11-16)13-4-2-5-13;1-6-2-4-5-3-6;1-2;/h3,6-7,10-11,13-14H,2,4-5,8-9H2,1H3,(H,21,23);2-3H,1H3;1-2H3;1H. The van der Waals surface area contributed by atoms with Crippen LogP contribution in [-0.2, 0) is 7.05 Å². The summed E-state index contributed by atoms with van der Waals surface area (Å²) < 4.78 is 1.78. The van der Waals surface area contributed by atoms with Crippen molar-refractivity contribution in [3.05, 3.63) is 65.8 Å². The highest BCUT2D eigenvalue weighted by Crippen LogP contribution is 2.38. The molecule has 3 aromatic rings. The fourth-order valence-corrected chi connectivity index (χ4v) is 3.29. The van der Waals surface area contributed by atoms with Crippen molar-refractivity contribution in [2.45, 2.75) is 64.7 Å². The van der Waals surface area contributed by atoms with E-state index in [1.807, 2.05) is 40.0 Å². The molecule has 2 heterocycles. The van der Waals surface area contributed by atoms with Crippen LogP contribution in [0.25, 0.3) is 0 Å². The number of nitrogens with one attached hydrogen (secondary N) is 1. The molecular formula is C24H34N6O. The fraction of sp³-hybridized carbons (Fsp3) is 0.458. The van der Waals surface area contributed by atoms with Gasteiger partial charge in [-0.15, -0.1) is 10.2 Å². The highest BCUT2D eigenvalue weighted by atomic mass is 16.1. The van der Waals surface area contributed by atoms with Crippen molar-refractivity contribution < 1.29 is 6.22 Å². The number of aryl methyl sites for hydroxylation is 2. The van der Waals surface area contributed by atoms with Gasteiger partial charge in [-0.05, 0) is 62.3 Å². The van der Waals surface area contributed by atoms with Crippen molar-refractivity contribution in [3.63, 3.8) is 0 Å². The van der Waals surface area contributed by atoms with Gasteiger partial charge in [-0.3, -0.25) is 4.79 Å². The smallest absolute Gasteiger partial charge is 0.274 e. The molecule has 0 spiro atoms. The zero-order chi connectivity index (χ0) is 22.2. The molecule has 166 valence electrons. The Morgan fingerprint density at radius 1 is 1.03 bits per heavy atom. The van der Waals surface area contributed by atoms with Crippen LogP contribution in [0.5, 0.6) is 0 Å². The van der Waals surface area contributed by atoms with Gasteiger partial charge in [0.15, 0.2) is 0 Å². The molecule has 2 aromatic heterocycles. The fourth-order valence-electron chi connectivity index (χ4n) is 3.29. The summed E-state index contributed by atoms with van der Waals surface area (Å²) in [7, 11) is 1.88. The predicted octanol–water partition coefficient (Wildman–Crippen LogP) is 5.27. The van der Waals surface area contributed by atoms with Gasteiger partial charge in [0, 0.05) is 25.8 Å². The molecule has 31 heavy (non-hydrogen) atoms. The van der Waals surface area contributed by atoms with Crippen molar-refractivity contribution in [3.8, 4) is 0 Å². The Bertz CT molecular complexity index is 984. The van der Waals surface area contributed by atoms with Crippen LogP contribution in [0.4, 0.5) is 5.69 Å². The quantitative estimate of drug-likeness (QED) is 0.619. The summed E-state index contributed by atoms with van der Waals surface area (Å²) >= 11 is 0. The Kier molecular flexibility index (Phi) is 7.87. The average Bonchev–Trinajstić information content (AvgIpc) is 3.48. The average molecular weight is 423 g/mol. The van der Waals surface area contributed by atoms with Crippen LogP contribution in [0.2, 0.25) is 0 Å². The highest BCUT2D eigenvalue weighted by Gasteiger charge is 2.27. The molecule has 2 aliphatic carbocycles. The number of hydrogen-bond donors (Lipinski definition) is 1. The number of carbonyl (C=O) groups excluding carboxylic acids is 1. The molecule has 1 N–H and O–H groups in total. The molecule has 0 radical (unpaired) electrons. The SMILES string of the molecule is CC.Cc1cc(C(=O)Nc2cccc(C3CCC3)c2)nc(C2CC2)n1.Cn1cnnc1.[HH]. The van der Waals surface area contributed by atoms with Gasteiger partial charge in [0.25, 0.3) is 5.91 Å². The van der Waals surface area contributed by atoms with E-state index in [2.05, 4.69) is 37.6 Å². The largest absolute Gasteiger partial charge is 0.323 e. The topological polar surface area (TPSA) is 85.6 Å². The number of carbonyl (C=O) groups is 1. The molecule has 0 aliphatic heterocycles. The van der Waals surface area contributed by atoms with Crippen molar-refractivity contribution >= 4 is 11.6 Å². The van der Waals surface area contributed by atoms with Crippen molar-refractivity contribution in [1.29, 1.82) is 0 Å². The number of anilines is 1. The van der Waals surface area contributed by atoms with Gasteiger partial charge in [0.05, 0.1) is 0 Å². The van der Waals surface area contributed by atoms with Crippen LogP contribution < -0.4 is 5.32 Å². The number of rotatable bonds is 4. The minimum atomic E-state index is -0.150. The Hall–Kier alpha value is -3.09. The third kappa shape index (κ3) is 6.44. The van der Waals surface area contributed by atoms with Crippen molar-refractivity contribution in [1.82, 2.24) is 24.7 Å². The molecule has 7 heteroatoms. The summed E-state index contributed by atoms with van der Waals surface area (Å²) in [6.45, 7) is 5.92. The molecular weight excluding hydrogens is 388 g/mol. The van der Waals surface area contributed by atoms with E-state index < -0.39 is 0 Å². The minimum Gasteiger partial charge on any atom is -0.323 e. The van der Waals surface area contributed by atoms with E-state index in [1.54, 1.807) is 23.3 Å². The van der Waals surface area contributed by atoms with Gasteiger partial charge in [0.2, 0.25) is 0 Å². The first-order chi connectivity index (χ1) is 15.1. The van der Waals surface area contributed by atoms with E-state index in [9.17, 15) is 4.79 Å². The summed E-state index contributed by atoms with van der Waals surface area (Å²) in [5.74, 6) is 1.78. The number of amides is 1. The van der Waals surface area contributed by atoms with Crippen molar-refractivity contribution in [2.75, 3.05) is 5.32 Å². The first kappa shape index (κ1) is 22.6. The number of nitrogens with zero attached hydrogens (tertiary/aromatic N) is 5. The molecule has 0 saturated heterocycles. The summed E-state index contributed by atoms with van der Waals surface area (Å²) in [5, 5.41) is 10.1. The van der Waals surface area contributed by atoms with Crippen LogP contribution in [0.15, 0.2) is 43.0 Å². The summed E-state index contributed by atoms with van der Waals surface area (Å²) in [6.07, 6.45) is 9.37. The maximum absolute atomic E-state index is 12.5. The molecule has 0 unspecified atom stereocenters. The normalized spacial score (nSPS) is 15.0. The van der Waals surface area contributed by atoms with E-state index >= 15 is 0 Å². The molecule has 1 aromatic carbocycles. The summed E-state index contributed by atoms with van der Waals surface area (Å²) in [5.41, 5.74) is 3.50. The molecule has 2 saturated carbocycles. The third-order valence-electron chi connectivity index (χ3n) is 5.30. The van der Waals surface area contributed by atoms with Gasteiger partial charge in [-0.2, -0.15) is 0 Å². The molecule has 0 atom stereocenters. The molecule has 5 rings (SSSR count). The van der Waals surface area contributed by atoms with Crippen LogP contribution >= 0.6 is 0 Å². The van der Waals surface area contributed by atoms with E-state index in [4.69, 9.17) is 0 Å². The maximum atomic E-state index is 12.5. The van der Waals surface area contributed by atoms with E-state index in [1.165, 1.54) is 24.8 Å². The molecule has 1 amide bonds. The van der Waals surface area contributed by atoms with Crippen LogP contribution in [-0.4, -0.2) is 30.6 Å². The molecule has 7 nitrogen and oxygen atoms in total. The summed E-state index contributed by atoms with van der Waals surface area (Å²) in [6, 6.07) is 9.97. The lowest BCUT2D eigenvalue weighted by molar-refractivity contribution is 0.102. The Morgan fingerprint density at radius 2 is 1.74 bits per heavy atom. The van der Waals surface area contributed by atoms with Crippen LogP contribution in [0.1, 0.15) is 86.8 Å². The predicted molar refractivity (Wildman–Crippen MR) is 124 cm³/mol. The zero-order valence-corrected chi connectivity index (χ0v) is 18.9. The number of benzene rings is 1. The molecule has 0 bridgehead atoms. The highest BCUT2D eigenvalue weighted by molar-refractivity contribution is 6.02. The molecule has 2 fully saturated rings. The van der Waals surface area contributed by atoms with Gasteiger partial charge in [-0.25, -0.2) is 9.97 Å². The Labute approximate surface area is 185 Å². The second-order valence-corrected chi connectivity index (χ2v) is 7.86. The Balaban J connectivity index is 0.000000347. The Morgan fingerprint density at radius 3 is 2.29 bits per heavy atom. The van der Waals surface area contributed by atoms with Crippen LogP contribution in [0, 0.1) is 6.92 Å². The third-order valence-corrected chi connectivity index (χ3v) is 5.30. The van der Waals surface area contributed by atoms with E-state index in [-0.39, 0.29) is 7.33 Å². The lowest BCUT2D eigenvalue weighted by Crippen LogP contribution is -2.16. The first-order valence-electron chi connectivity index (χ1n) is 11.1. The molecule has 2 aliphatic rings. The number of hydrogen-bond acceptors (Lipinski definition) is 5. The van der Waals surface area contributed by atoms with Gasteiger partial charge in [0.1, 0.15) is 24.2 Å². The second-order valence-electron chi connectivity index (χ2n) is 7.86.